The van der Waals surface area contributed by atoms with Crippen molar-refractivity contribution in [2.24, 2.45) is 0 Å². The van der Waals surface area contributed by atoms with Crippen LogP contribution in [0.2, 0.25) is 0 Å². The largest absolute Gasteiger partial charge is 0.343 e. The molecule has 0 spiro atoms. The fraction of sp³-hybridized carbons (Fsp3) is 0.273. The lowest BCUT2D eigenvalue weighted by Gasteiger charge is -2.30. The predicted molar refractivity (Wildman–Crippen MR) is 56.4 cm³/mol. The lowest BCUT2D eigenvalue weighted by atomic mass is 10.2. The first kappa shape index (κ1) is 10.6. The molecule has 0 aromatic heterocycles. The summed E-state index contributed by atoms with van der Waals surface area (Å²) in [7, 11) is 0. The van der Waals surface area contributed by atoms with Crippen LogP contribution in [0.4, 0.5) is 10.1 Å². The minimum Gasteiger partial charge on any atom is -0.343 e. The molecule has 0 radical (unpaired) electrons. The molecule has 1 atom stereocenters. The molecule has 0 bridgehead atoms. The number of carbonyl (C=O) groups is 2. The van der Waals surface area contributed by atoms with Crippen molar-refractivity contribution in [3.63, 3.8) is 0 Å². The van der Waals surface area contributed by atoms with E-state index in [4.69, 9.17) is 0 Å². The average molecular weight is 222 g/mol. The maximum Gasteiger partial charge on any atom is 0.249 e. The van der Waals surface area contributed by atoms with Gasteiger partial charge in [-0.3, -0.25) is 9.59 Å². The molecule has 1 saturated heterocycles. The summed E-state index contributed by atoms with van der Waals surface area (Å²) in [5.41, 5.74) is 0.535. The van der Waals surface area contributed by atoms with Gasteiger partial charge in [0.2, 0.25) is 11.8 Å². The Kier molecular flexibility index (Phi) is 2.60. The number of amides is 2. The quantitative estimate of drug-likeness (QED) is 0.759. The summed E-state index contributed by atoms with van der Waals surface area (Å²) in [5, 5.41) is 2.54. The van der Waals surface area contributed by atoms with Crippen LogP contribution in [0.5, 0.6) is 0 Å². The molecule has 1 heterocycles. The third-order valence-electron chi connectivity index (χ3n) is 2.45. The van der Waals surface area contributed by atoms with Crippen molar-refractivity contribution >= 4 is 17.5 Å². The van der Waals surface area contributed by atoms with Crippen LogP contribution in [0.3, 0.4) is 0 Å². The van der Waals surface area contributed by atoms with Crippen molar-refractivity contribution in [2.75, 3.05) is 11.4 Å². The standard InChI is InChI=1S/C11H11FN2O2/c1-7-11(16)14(6-10(15)13-7)9-4-2-8(12)3-5-9/h2-5,7H,6H2,1H3,(H,13,15). The third kappa shape index (κ3) is 1.88. The Morgan fingerprint density at radius 3 is 2.56 bits per heavy atom. The van der Waals surface area contributed by atoms with Crippen LogP contribution < -0.4 is 10.2 Å². The predicted octanol–water partition coefficient (Wildman–Crippen LogP) is 0.677. The summed E-state index contributed by atoms with van der Waals surface area (Å²) in [5.74, 6) is -0.770. The highest BCUT2D eigenvalue weighted by Gasteiger charge is 2.30. The van der Waals surface area contributed by atoms with Crippen LogP contribution in [0.1, 0.15) is 6.92 Å². The van der Waals surface area contributed by atoms with Crippen LogP contribution in [0, 0.1) is 5.82 Å². The van der Waals surface area contributed by atoms with Gasteiger partial charge in [0.25, 0.3) is 0 Å². The molecule has 1 N–H and O–H groups in total. The number of rotatable bonds is 1. The molecular formula is C11H11FN2O2. The molecule has 2 rings (SSSR count). The molecular weight excluding hydrogens is 211 g/mol. The molecule has 1 fully saturated rings. The van der Waals surface area contributed by atoms with E-state index in [9.17, 15) is 14.0 Å². The Labute approximate surface area is 92.0 Å². The monoisotopic (exact) mass is 222 g/mol. The average Bonchev–Trinajstić information content (AvgIpc) is 2.25. The molecule has 5 heteroatoms. The van der Waals surface area contributed by atoms with Crippen molar-refractivity contribution in [3.05, 3.63) is 30.1 Å². The number of hydrogen-bond donors (Lipinski definition) is 1. The fourth-order valence-corrected chi connectivity index (χ4v) is 1.64. The Hall–Kier alpha value is -1.91. The van der Waals surface area contributed by atoms with Crippen molar-refractivity contribution in [3.8, 4) is 0 Å². The number of nitrogens with one attached hydrogen (secondary N) is 1. The van der Waals surface area contributed by atoms with Crippen molar-refractivity contribution in [1.82, 2.24) is 5.32 Å². The maximum atomic E-state index is 12.7. The number of carbonyl (C=O) groups excluding carboxylic acids is 2. The van der Waals surface area contributed by atoms with Crippen LogP contribution in [0.25, 0.3) is 0 Å². The van der Waals surface area contributed by atoms with Gasteiger partial charge < -0.3 is 10.2 Å². The number of benzene rings is 1. The Balaban J connectivity index is 2.28. The topological polar surface area (TPSA) is 49.4 Å². The smallest absolute Gasteiger partial charge is 0.249 e. The second-order valence-corrected chi connectivity index (χ2v) is 3.69. The van der Waals surface area contributed by atoms with E-state index in [0.29, 0.717) is 5.69 Å². The van der Waals surface area contributed by atoms with Crippen LogP contribution in [-0.4, -0.2) is 24.4 Å². The molecule has 0 saturated carbocycles. The highest BCUT2D eigenvalue weighted by molar-refractivity contribution is 6.06. The fourth-order valence-electron chi connectivity index (χ4n) is 1.64. The highest BCUT2D eigenvalue weighted by Crippen LogP contribution is 2.17. The molecule has 0 aliphatic carbocycles. The molecule has 2 amide bonds. The van der Waals surface area contributed by atoms with E-state index in [1.807, 2.05) is 0 Å². The summed E-state index contributed by atoms with van der Waals surface area (Å²) < 4.78 is 12.7. The first-order chi connectivity index (χ1) is 7.58. The second-order valence-electron chi connectivity index (χ2n) is 3.69. The third-order valence-corrected chi connectivity index (χ3v) is 2.45. The zero-order valence-corrected chi connectivity index (χ0v) is 8.74. The van der Waals surface area contributed by atoms with Gasteiger partial charge in [0.05, 0.1) is 0 Å². The van der Waals surface area contributed by atoms with Crippen LogP contribution >= 0.6 is 0 Å². The van der Waals surface area contributed by atoms with Gasteiger partial charge in [-0.25, -0.2) is 4.39 Å². The van der Waals surface area contributed by atoms with E-state index < -0.39 is 6.04 Å². The van der Waals surface area contributed by atoms with E-state index in [-0.39, 0.29) is 24.2 Å². The molecule has 1 unspecified atom stereocenters. The maximum absolute atomic E-state index is 12.7. The zero-order valence-electron chi connectivity index (χ0n) is 8.74. The number of hydrogen-bond acceptors (Lipinski definition) is 2. The molecule has 84 valence electrons. The van der Waals surface area contributed by atoms with Gasteiger partial charge in [-0.1, -0.05) is 0 Å². The van der Waals surface area contributed by atoms with Gasteiger partial charge in [-0.05, 0) is 31.2 Å². The molecule has 1 aliphatic rings. The van der Waals surface area contributed by atoms with E-state index in [1.165, 1.54) is 29.2 Å². The van der Waals surface area contributed by atoms with E-state index in [1.54, 1.807) is 6.92 Å². The zero-order chi connectivity index (χ0) is 11.7. The van der Waals surface area contributed by atoms with Crippen molar-refractivity contribution in [2.45, 2.75) is 13.0 Å². The van der Waals surface area contributed by atoms with E-state index in [2.05, 4.69) is 5.32 Å². The van der Waals surface area contributed by atoms with Gasteiger partial charge in [-0.2, -0.15) is 0 Å². The second kappa shape index (κ2) is 3.92. The Morgan fingerprint density at radius 2 is 1.94 bits per heavy atom. The van der Waals surface area contributed by atoms with Crippen LogP contribution in [0.15, 0.2) is 24.3 Å². The summed E-state index contributed by atoms with van der Waals surface area (Å²) in [4.78, 5) is 24.4. The molecule has 1 aromatic rings. The van der Waals surface area contributed by atoms with Crippen LogP contribution in [-0.2, 0) is 9.59 Å². The van der Waals surface area contributed by atoms with Gasteiger partial charge in [-0.15, -0.1) is 0 Å². The number of nitrogens with zero attached hydrogens (tertiary/aromatic N) is 1. The summed E-state index contributed by atoms with van der Waals surface area (Å²) in [6, 6.07) is 4.96. The molecule has 1 aliphatic heterocycles. The Bertz CT molecular complexity index is 430. The lowest BCUT2D eigenvalue weighted by molar-refractivity contribution is -0.130. The van der Waals surface area contributed by atoms with Gasteiger partial charge in [0.15, 0.2) is 0 Å². The number of anilines is 1. The van der Waals surface area contributed by atoms with Crippen molar-refractivity contribution < 1.29 is 14.0 Å². The number of halogens is 1. The summed E-state index contributed by atoms with van der Waals surface area (Å²) in [6.45, 7) is 1.60. The van der Waals surface area contributed by atoms with Gasteiger partial charge >= 0.3 is 0 Å². The summed E-state index contributed by atoms with van der Waals surface area (Å²) >= 11 is 0. The Morgan fingerprint density at radius 1 is 1.31 bits per heavy atom. The molecule has 16 heavy (non-hydrogen) atoms. The SMILES string of the molecule is CC1NC(=O)CN(c2ccc(F)cc2)C1=O. The summed E-state index contributed by atoms with van der Waals surface area (Å²) in [6.07, 6.45) is 0. The first-order valence-corrected chi connectivity index (χ1v) is 4.94. The van der Waals surface area contributed by atoms with E-state index in [0.717, 1.165) is 0 Å². The van der Waals surface area contributed by atoms with E-state index >= 15 is 0 Å². The minimum atomic E-state index is -0.536. The molecule has 4 nitrogen and oxygen atoms in total. The minimum absolute atomic E-state index is 0.0190. The molecule has 1 aromatic carbocycles. The normalized spacial score (nSPS) is 20.9. The number of piperazine rings is 1. The van der Waals surface area contributed by atoms with Gasteiger partial charge in [0, 0.05) is 5.69 Å². The van der Waals surface area contributed by atoms with Gasteiger partial charge in [0.1, 0.15) is 18.4 Å². The van der Waals surface area contributed by atoms with Crippen molar-refractivity contribution in [1.29, 1.82) is 0 Å². The highest BCUT2D eigenvalue weighted by atomic mass is 19.1. The first-order valence-electron chi connectivity index (χ1n) is 4.94. The lowest BCUT2D eigenvalue weighted by Crippen LogP contribution is -2.57.